The Morgan fingerprint density at radius 3 is 2.35 bits per heavy atom. The SMILES string of the molecule is Cc1ccc(/C=C/C(=O)N2CCC(C(=O)O)CC2)cc1. The van der Waals surface area contributed by atoms with E-state index in [2.05, 4.69) is 0 Å². The van der Waals surface area contributed by atoms with Crippen molar-refractivity contribution in [2.24, 2.45) is 5.92 Å². The summed E-state index contributed by atoms with van der Waals surface area (Å²) in [5.41, 5.74) is 2.17. The number of aliphatic carboxylic acids is 1. The van der Waals surface area contributed by atoms with Crippen LogP contribution < -0.4 is 0 Å². The van der Waals surface area contributed by atoms with Crippen LogP contribution >= 0.6 is 0 Å². The van der Waals surface area contributed by atoms with E-state index < -0.39 is 5.97 Å². The zero-order valence-electron chi connectivity index (χ0n) is 11.6. The van der Waals surface area contributed by atoms with Gasteiger partial charge < -0.3 is 10.0 Å². The number of carbonyl (C=O) groups is 2. The second-order valence-corrected chi connectivity index (χ2v) is 5.18. The fourth-order valence-corrected chi connectivity index (χ4v) is 2.30. The smallest absolute Gasteiger partial charge is 0.306 e. The number of nitrogens with zero attached hydrogens (tertiary/aromatic N) is 1. The van der Waals surface area contributed by atoms with Crippen LogP contribution in [0, 0.1) is 12.8 Å². The molecule has 20 heavy (non-hydrogen) atoms. The molecule has 0 aliphatic carbocycles. The molecule has 1 aliphatic heterocycles. The number of carbonyl (C=O) groups excluding carboxylic acids is 1. The van der Waals surface area contributed by atoms with Crippen molar-refractivity contribution >= 4 is 18.0 Å². The van der Waals surface area contributed by atoms with Crippen molar-refractivity contribution in [3.05, 3.63) is 41.5 Å². The van der Waals surface area contributed by atoms with Crippen LogP contribution in [0.25, 0.3) is 6.08 Å². The third-order valence-electron chi connectivity index (χ3n) is 3.65. The van der Waals surface area contributed by atoms with E-state index in [4.69, 9.17) is 5.11 Å². The summed E-state index contributed by atoms with van der Waals surface area (Å²) >= 11 is 0. The zero-order valence-corrected chi connectivity index (χ0v) is 11.6. The van der Waals surface area contributed by atoms with Crippen LogP contribution in [0.1, 0.15) is 24.0 Å². The molecule has 0 bridgehead atoms. The lowest BCUT2D eigenvalue weighted by Crippen LogP contribution is -2.39. The molecule has 0 spiro atoms. The van der Waals surface area contributed by atoms with Gasteiger partial charge in [-0.15, -0.1) is 0 Å². The van der Waals surface area contributed by atoms with Crippen molar-refractivity contribution in [1.82, 2.24) is 4.90 Å². The Balaban J connectivity index is 1.89. The normalized spacial score (nSPS) is 16.6. The maximum atomic E-state index is 12.0. The molecule has 1 aromatic rings. The van der Waals surface area contributed by atoms with Crippen LogP contribution in [0.4, 0.5) is 0 Å². The summed E-state index contributed by atoms with van der Waals surface area (Å²) in [4.78, 5) is 24.6. The Labute approximate surface area is 118 Å². The number of benzene rings is 1. The molecule has 1 saturated heterocycles. The second kappa shape index (κ2) is 6.37. The van der Waals surface area contributed by atoms with Crippen molar-refractivity contribution in [3.63, 3.8) is 0 Å². The number of hydrogen-bond acceptors (Lipinski definition) is 2. The first kappa shape index (κ1) is 14.3. The first-order valence-corrected chi connectivity index (χ1v) is 6.83. The highest BCUT2D eigenvalue weighted by atomic mass is 16.4. The van der Waals surface area contributed by atoms with E-state index in [-0.39, 0.29) is 11.8 Å². The van der Waals surface area contributed by atoms with Gasteiger partial charge in [-0.25, -0.2) is 0 Å². The van der Waals surface area contributed by atoms with Crippen LogP contribution in [0.3, 0.4) is 0 Å². The molecular weight excluding hydrogens is 254 g/mol. The molecule has 1 heterocycles. The van der Waals surface area contributed by atoms with E-state index in [0.717, 1.165) is 5.56 Å². The molecule has 0 saturated carbocycles. The number of piperidine rings is 1. The number of likely N-dealkylation sites (tertiary alicyclic amines) is 1. The van der Waals surface area contributed by atoms with Crippen molar-refractivity contribution in [1.29, 1.82) is 0 Å². The van der Waals surface area contributed by atoms with Crippen molar-refractivity contribution in [2.45, 2.75) is 19.8 Å². The number of aryl methyl sites for hydroxylation is 1. The summed E-state index contributed by atoms with van der Waals surface area (Å²) in [6.07, 6.45) is 4.44. The fraction of sp³-hybridized carbons (Fsp3) is 0.375. The predicted molar refractivity (Wildman–Crippen MR) is 77.2 cm³/mol. The maximum Gasteiger partial charge on any atom is 0.306 e. The van der Waals surface area contributed by atoms with E-state index in [1.54, 1.807) is 17.1 Å². The number of amides is 1. The van der Waals surface area contributed by atoms with Crippen LogP contribution in [-0.4, -0.2) is 35.0 Å². The fourth-order valence-electron chi connectivity index (χ4n) is 2.30. The highest BCUT2D eigenvalue weighted by molar-refractivity contribution is 5.92. The van der Waals surface area contributed by atoms with Crippen molar-refractivity contribution < 1.29 is 14.7 Å². The first-order chi connectivity index (χ1) is 9.56. The van der Waals surface area contributed by atoms with Gasteiger partial charge in [-0.2, -0.15) is 0 Å². The van der Waals surface area contributed by atoms with Crippen molar-refractivity contribution in [2.75, 3.05) is 13.1 Å². The Hall–Kier alpha value is -2.10. The lowest BCUT2D eigenvalue weighted by atomic mass is 9.97. The largest absolute Gasteiger partial charge is 0.481 e. The molecule has 1 N–H and O–H groups in total. The van der Waals surface area contributed by atoms with E-state index in [9.17, 15) is 9.59 Å². The van der Waals surface area contributed by atoms with Crippen molar-refractivity contribution in [3.8, 4) is 0 Å². The first-order valence-electron chi connectivity index (χ1n) is 6.83. The number of hydrogen-bond donors (Lipinski definition) is 1. The van der Waals surface area contributed by atoms with Gasteiger partial charge in [0.25, 0.3) is 0 Å². The molecule has 4 nitrogen and oxygen atoms in total. The number of carboxylic acid groups (broad SMARTS) is 1. The summed E-state index contributed by atoms with van der Waals surface area (Å²) in [6, 6.07) is 7.94. The van der Waals surface area contributed by atoms with Crippen LogP contribution in [0.2, 0.25) is 0 Å². The van der Waals surface area contributed by atoms with Crippen LogP contribution in [0.5, 0.6) is 0 Å². The molecule has 0 radical (unpaired) electrons. The van der Waals surface area contributed by atoms with Gasteiger partial charge in [-0.3, -0.25) is 9.59 Å². The van der Waals surface area contributed by atoms with Gasteiger partial charge in [-0.05, 0) is 31.4 Å². The Bertz CT molecular complexity index is 511. The minimum atomic E-state index is -0.757. The Morgan fingerprint density at radius 1 is 1.20 bits per heavy atom. The summed E-state index contributed by atoms with van der Waals surface area (Å²) < 4.78 is 0. The van der Waals surface area contributed by atoms with E-state index >= 15 is 0 Å². The minimum Gasteiger partial charge on any atom is -0.481 e. The molecule has 1 amide bonds. The Morgan fingerprint density at radius 2 is 1.80 bits per heavy atom. The third-order valence-corrected chi connectivity index (χ3v) is 3.65. The second-order valence-electron chi connectivity index (χ2n) is 5.18. The molecule has 1 fully saturated rings. The lowest BCUT2D eigenvalue weighted by Gasteiger charge is -2.29. The minimum absolute atomic E-state index is 0.0468. The molecule has 1 aromatic carbocycles. The molecule has 106 valence electrons. The molecule has 0 atom stereocenters. The van der Waals surface area contributed by atoms with Gasteiger partial charge in [0.2, 0.25) is 5.91 Å². The average Bonchev–Trinajstić information content (AvgIpc) is 2.46. The van der Waals surface area contributed by atoms with Gasteiger partial charge in [0.05, 0.1) is 5.92 Å². The highest BCUT2D eigenvalue weighted by Crippen LogP contribution is 2.17. The summed E-state index contributed by atoms with van der Waals surface area (Å²) in [7, 11) is 0. The van der Waals surface area contributed by atoms with Gasteiger partial charge in [0.15, 0.2) is 0 Å². The maximum absolute atomic E-state index is 12.0. The lowest BCUT2D eigenvalue weighted by molar-refractivity contribution is -0.144. The van der Waals surface area contributed by atoms with Gasteiger partial charge >= 0.3 is 5.97 Å². The number of rotatable bonds is 3. The average molecular weight is 273 g/mol. The van der Waals surface area contributed by atoms with Crippen LogP contribution in [-0.2, 0) is 9.59 Å². The molecular formula is C16H19NO3. The van der Waals surface area contributed by atoms with Gasteiger partial charge in [0.1, 0.15) is 0 Å². The third kappa shape index (κ3) is 3.70. The van der Waals surface area contributed by atoms with E-state index in [1.165, 1.54) is 5.56 Å². The monoisotopic (exact) mass is 273 g/mol. The summed E-state index contributed by atoms with van der Waals surface area (Å²) in [5, 5.41) is 8.92. The van der Waals surface area contributed by atoms with Crippen LogP contribution in [0.15, 0.2) is 30.3 Å². The quantitative estimate of drug-likeness (QED) is 0.860. The van der Waals surface area contributed by atoms with Gasteiger partial charge in [-0.1, -0.05) is 29.8 Å². The molecule has 2 rings (SSSR count). The Kier molecular flexibility index (Phi) is 4.56. The predicted octanol–water partition coefficient (Wildman–Crippen LogP) is 2.33. The van der Waals surface area contributed by atoms with Gasteiger partial charge in [0, 0.05) is 19.2 Å². The topological polar surface area (TPSA) is 57.6 Å². The molecule has 4 heteroatoms. The highest BCUT2D eigenvalue weighted by Gasteiger charge is 2.25. The molecule has 0 unspecified atom stereocenters. The standard InChI is InChI=1S/C16H19NO3/c1-12-2-4-13(5-3-12)6-7-15(18)17-10-8-14(9-11-17)16(19)20/h2-7,14H,8-11H2,1H3,(H,19,20)/b7-6+. The summed E-state index contributed by atoms with van der Waals surface area (Å²) in [6.45, 7) is 3.06. The zero-order chi connectivity index (χ0) is 14.5. The van der Waals surface area contributed by atoms with E-state index in [0.29, 0.717) is 25.9 Å². The van der Waals surface area contributed by atoms with E-state index in [1.807, 2.05) is 31.2 Å². The molecule has 1 aliphatic rings. The summed E-state index contributed by atoms with van der Waals surface area (Å²) in [5.74, 6) is -1.11. The number of carboxylic acids is 1. The molecule has 0 aromatic heterocycles.